The molecule has 0 atom stereocenters. The summed E-state index contributed by atoms with van der Waals surface area (Å²) in [5.41, 5.74) is 0.286. The van der Waals surface area contributed by atoms with Crippen LogP contribution in [0.2, 0.25) is 10.0 Å². The molecule has 0 aliphatic carbocycles. The van der Waals surface area contributed by atoms with Crippen LogP contribution in [0.3, 0.4) is 0 Å². The van der Waals surface area contributed by atoms with Crippen LogP contribution in [0.25, 0.3) is 0 Å². The fraction of sp³-hybridized carbons (Fsp3) is 0.500. The Kier molecular flexibility index (Phi) is 9.34. The molecule has 7 nitrogen and oxygen atoms in total. The number of aliphatic imine (C=N–C) groups is 1. The van der Waals surface area contributed by atoms with Gasteiger partial charge in [0.1, 0.15) is 5.75 Å². The number of alkyl halides is 2. The van der Waals surface area contributed by atoms with Crippen molar-refractivity contribution in [3.63, 3.8) is 0 Å². The maximum absolute atomic E-state index is 12.6. The molecule has 0 radical (unpaired) electrons. The lowest BCUT2D eigenvalue weighted by Gasteiger charge is -2.14. The van der Waals surface area contributed by atoms with E-state index in [0.717, 1.165) is 6.26 Å². The summed E-state index contributed by atoms with van der Waals surface area (Å²) >= 11 is 11.8. The first-order valence-corrected chi connectivity index (χ1v) is 10.2. The maximum atomic E-state index is 12.6. The van der Waals surface area contributed by atoms with E-state index in [-0.39, 0.29) is 41.0 Å². The molecule has 1 aromatic rings. The first-order valence-electron chi connectivity index (χ1n) is 7.52. The van der Waals surface area contributed by atoms with Crippen molar-refractivity contribution in [1.29, 1.82) is 0 Å². The fourth-order valence-corrected chi connectivity index (χ4v) is 2.93. The van der Waals surface area contributed by atoms with Gasteiger partial charge in [-0.05, 0) is 19.1 Å². The Morgan fingerprint density at radius 2 is 1.96 bits per heavy atom. The number of ether oxygens (including phenoxy) is 1. The molecule has 0 aliphatic heterocycles. The molecule has 0 amide bonds. The Morgan fingerprint density at radius 1 is 1.27 bits per heavy atom. The number of sulfonamides is 1. The van der Waals surface area contributed by atoms with Crippen molar-refractivity contribution < 1.29 is 21.9 Å². The van der Waals surface area contributed by atoms with Crippen molar-refractivity contribution in [3.05, 3.63) is 27.7 Å². The molecule has 26 heavy (non-hydrogen) atoms. The highest BCUT2D eigenvalue weighted by atomic mass is 35.5. The Balaban J connectivity index is 2.85. The van der Waals surface area contributed by atoms with E-state index < -0.39 is 16.6 Å². The molecule has 1 aromatic carbocycles. The monoisotopic (exact) mass is 432 g/mol. The molecular formula is C14H20Cl2F2N4O3S. The van der Waals surface area contributed by atoms with E-state index in [2.05, 4.69) is 25.1 Å². The van der Waals surface area contributed by atoms with E-state index in [4.69, 9.17) is 23.2 Å². The highest BCUT2D eigenvalue weighted by molar-refractivity contribution is 7.88. The third kappa shape index (κ3) is 8.84. The van der Waals surface area contributed by atoms with Gasteiger partial charge in [0.25, 0.3) is 0 Å². The zero-order chi connectivity index (χ0) is 19.7. The van der Waals surface area contributed by atoms with Crippen molar-refractivity contribution in [1.82, 2.24) is 15.4 Å². The van der Waals surface area contributed by atoms with Gasteiger partial charge in [0.05, 0.1) is 17.8 Å². The molecule has 0 heterocycles. The average Bonchev–Trinajstić information content (AvgIpc) is 2.50. The number of nitrogens with one attached hydrogen (secondary N) is 3. The molecule has 0 unspecified atom stereocenters. The van der Waals surface area contributed by atoms with Crippen LogP contribution in [-0.2, 0) is 16.6 Å². The largest absolute Gasteiger partial charge is 0.433 e. The van der Waals surface area contributed by atoms with Gasteiger partial charge in [-0.25, -0.2) is 18.1 Å². The fourth-order valence-electron chi connectivity index (χ4n) is 1.88. The second-order valence-corrected chi connectivity index (χ2v) is 7.72. The van der Waals surface area contributed by atoms with Gasteiger partial charge >= 0.3 is 6.61 Å². The predicted octanol–water partition coefficient (Wildman–Crippen LogP) is 2.20. The number of nitrogens with zero attached hydrogens (tertiary/aromatic N) is 1. The average molecular weight is 433 g/mol. The van der Waals surface area contributed by atoms with Crippen LogP contribution in [0.15, 0.2) is 17.1 Å². The van der Waals surface area contributed by atoms with Crippen LogP contribution in [-0.4, -0.2) is 46.9 Å². The lowest BCUT2D eigenvalue weighted by Crippen LogP contribution is -2.41. The third-order valence-electron chi connectivity index (χ3n) is 2.83. The molecule has 148 valence electrons. The molecule has 1 rings (SSSR count). The Hall–Kier alpha value is -1.36. The van der Waals surface area contributed by atoms with Crippen LogP contribution in [0, 0.1) is 0 Å². The van der Waals surface area contributed by atoms with Gasteiger partial charge in [-0.1, -0.05) is 23.2 Å². The normalized spacial score (nSPS) is 12.3. The first kappa shape index (κ1) is 22.7. The predicted molar refractivity (Wildman–Crippen MR) is 98.8 cm³/mol. The molecular weight excluding hydrogens is 413 g/mol. The zero-order valence-electron chi connectivity index (χ0n) is 14.2. The molecule has 0 spiro atoms. The molecule has 12 heteroatoms. The lowest BCUT2D eigenvalue weighted by molar-refractivity contribution is -0.0503. The van der Waals surface area contributed by atoms with Crippen LogP contribution in [0.5, 0.6) is 5.75 Å². The summed E-state index contributed by atoms with van der Waals surface area (Å²) in [6.45, 7) is -0.251. The number of halogens is 4. The van der Waals surface area contributed by atoms with Gasteiger partial charge < -0.3 is 15.4 Å². The van der Waals surface area contributed by atoms with Gasteiger partial charge in [-0.15, -0.1) is 0 Å². The molecule has 0 saturated heterocycles. The van der Waals surface area contributed by atoms with Gasteiger partial charge in [0.15, 0.2) is 5.96 Å². The van der Waals surface area contributed by atoms with Crippen molar-refractivity contribution in [2.75, 3.05) is 25.9 Å². The minimum absolute atomic E-state index is 0.0306. The van der Waals surface area contributed by atoms with E-state index in [1.165, 1.54) is 12.1 Å². The first-order chi connectivity index (χ1) is 12.1. The summed E-state index contributed by atoms with van der Waals surface area (Å²) in [5, 5.41) is 6.07. The maximum Gasteiger partial charge on any atom is 0.387 e. The Labute approximate surface area is 161 Å². The summed E-state index contributed by atoms with van der Waals surface area (Å²) in [4.78, 5) is 4.24. The van der Waals surface area contributed by atoms with Crippen molar-refractivity contribution in [2.24, 2.45) is 4.99 Å². The van der Waals surface area contributed by atoms with Crippen molar-refractivity contribution in [3.8, 4) is 5.75 Å². The molecule has 0 aromatic heterocycles. The van der Waals surface area contributed by atoms with Gasteiger partial charge in [0, 0.05) is 30.2 Å². The second-order valence-electron chi connectivity index (χ2n) is 5.04. The highest BCUT2D eigenvalue weighted by Gasteiger charge is 2.15. The molecule has 0 fully saturated rings. The lowest BCUT2D eigenvalue weighted by atomic mass is 10.2. The number of guanidine groups is 1. The minimum Gasteiger partial charge on any atom is -0.433 e. The van der Waals surface area contributed by atoms with E-state index >= 15 is 0 Å². The summed E-state index contributed by atoms with van der Waals surface area (Å²) in [5.74, 6) is 0.173. The zero-order valence-corrected chi connectivity index (χ0v) is 16.5. The van der Waals surface area contributed by atoms with E-state index in [1.807, 2.05) is 6.92 Å². The molecule has 0 saturated carbocycles. The van der Waals surface area contributed by atoms with E-state index in [1.54, 1.807) is 0 Å². The Morgan fingerprint density at radius 3 is 2.54 bits per heavy atom. The van der Waals surface area contributed by atoms with E-state index in [0.29, 0.717) is 12.5 Å². The van der Waals surface area contributed by atoms with Crippen molar-refractivity contribution in [2.45, 2.75) is 20.1 Å². The molecule has 3 N–H and O–H groups in total. The molecule has 0 aliphatic rings. The number of hydrogen-bond donors (Lipinski definition) is 3. The topological polar surface area (TPSA) is 91.8 Å². The second kappa shape index (κ2) is 10.7. The molecule has 0 bridgehead atoms. The number of benzene rings is 1. The third-order valence-corrected chi connectivity index (χ3v) is 4.05. The highest BCUT2D eigenvalue weighted by Crippen LogP contribution is 2.34. The van der Waals surface area contributed by atoms with Gasteiger partial charge in [-0.3, -0.25) is 0 Å². The number of rotatable bonds is 9. The van der Waals surface area contributed by atoms with E-state index in [9.17, 15) is 17.2 Å². The van der Waals surface area contributed by atoms with Crippen LogP contribution >= 0.6 is 23.2 Å². The quantitative estimate of drug-likeness (QED) is 0.316. The van der Waals surface area contributed by atoms with Crippen LogP contribution < -0.4 is 20.1 Å². The van der Waals surface area contributed by atoms with Gasteiger partial charge in [0.2, 0.25) is 10.0 Å². The smallest absolute Gasteiger partial charge is 0.387 e. The SMILES string of the molecule is CCNC(=NCc1cc(Cl)cc(Cl)c1OC(F)F)NCCNS(C)(=O)=O. The summed E-state index contributed by atoms with van der Waals surface area (Å²) in [6, 6.07) is 2.73. The summed E-state index contributed by atoms with van der Waals surface area (Å²) in [6.07, 6.45) is 1.06. The number of hydrogen-bond acceptors (Lipinski definition) is 4. The van der Waals surface area contributed by atoms with Crippen molar-refractivity contribution >= 4 is 39.2 Å². The summed E-state index contributed by atoms with van der Waals surface area (Å²) < 4.78 is 54.0. The standard InChI is InChI=1S/C14H20Cl2F2N4O3S/c1-3-19-14(20-4-5-22-26(2,23)24)21-8-9-6-10(15)7-11(16)12(9)25-13(17)18/h6-7,13,22H,3-5,8H2,1-2H3,(H2,19,20,21). The van der Waals surface area contributed by atoms with Crippen LogP contribution in [0.1, 0.15) is 12.5 Å². The minimum atomic E-state index is -3.28. The summed E-state index contributed by atoms with van der Waals surface area (Å²) in [7, 11) is -3.28. The van der Waals surface area contributed by atoms with Gasteiger partial charge in [-0.2, -0.15) is 8.78 Å². The Bertz CT molecular complexity index is 733. The van der Waals surface area contributed by atoms with Crippen LogP contribution in [0.4, 0.5) is 8.78 Å².